The average molecular weight is 217 g/mol. The van der Waals surface area contributed by atoms with E-state index >= 15 is 0 Å². The van der Waals surface area contributed by atoms with E-state index < -0.39 is 0 Å². The van der Waals surface area contributed by atoms with Gasteiger partial charge in [-0.2, -0.15) is 0 Å². The zero-order chi connectivity index (χ0) is 11.5. The summed E-state index contributed by atoms with van der Waals surface area (Å²) in [5.74, 6) is 0.556. The van der Waals surface area contributed by atoms with Crippen LogP contribution in [-0.4, -0.2) is 19.4 Å². The maximum atomic E-state index is 11.1. The summed E-state index contributed by atoms with van der Waals surface area (Å²) in [5, 5.41) is 3.36. The van der Waals surface area contributed by atoms with Crippen molar-refractivity contribution in [1.82, 2.24) is 5.32 Å². The Hall–Kier alpha value is -1.15. The van der Waals surface area contributed by atoms with Gasteiger partial charge < -0.3 is 5.32 Å². The summed E-state index contributed by atoms with van der Waals surface area (Å²) in [6, 6.07) is 4.23. The van der Waals surface area contributed by atoms with E-state index in [2.05, 4.69) is 25.2 Å². The first-order valence-electron chi connectivity index (χ1n) is 5.99. The van der Waals surface area contributed by atoms with Gasteiger partial charge in [0.1, 0.15) is 6.29 Å². The van der Waals surface area contributed by atoms with Crippen molar-refractivity contribution in [2.45, 2.75) is 32.6 Å². The molecular formula is C14H19NO. The Labute approximate surface area is 97.1 Å². The minimum atomic E-state index is 0.556. The van der Waals surface area contributed by atoms with Crippen molar-refractivity contribution in [3.05, 3.63) is 34.4 Å². The fraction of sp³-hybridized carbons (Fsp3) is 0.500. The summed E-state index contributed by atoms with van der Waals surface area (Å²) >= 11 is 0. The highest BCUT2D eigenvalue weighted by Crippen LogP contribution is 2.29. The van der Waals surface area contributed by atoms with Crippen LogP contribution >= 0.6 is 0 Å². The fourth-order valence-electron chi connectivity index (χ4n) is 2.45. The number of hydrogen-bond donors (Lipinski definition) is 1. The molecule has 16 heavy (non-hydrogen) atoms. The SMILES string of the molecule is Cc1cc(C=O)c(C2CCNCC2)cc1C. The highest BCUT2D eigenvalue weighted by Gasteiger charge is 2.18. The summed E-state index contributed by atoms with van der Waals surface area (Å²) < 4.78 is 0. The number of hydrogen-bond acceptors (Lipinski definition) is 2. The third-order valence-electron chi connectivity index (χ3n) is 3.61. The third kappa shape index (κ3) is 2.17. The van der Waals surface area contributed by atoms with E-state index in [1.165, 1.54) is 16.7 Å². The highest BCUT2D eigenvalue weighted by atomic mass is 16.1. The van der Waals surface area contributed by atoms with Gasteiger partial charge in [-0.05, 0) is 68.5 Å². The van der Waals surface area contributed by atoms with Crippen molar-refractivity contribution in [3.63, 3.8) is 0 Å². The third-order valence-corrected chi connectivity index (χ3v) is 3.61. The molecule has 1 N–H and O–H groups in total. The standard InChI is InChI=1S/C14H19NO/c1-10-7-13(9-16)14(8-11(10)2)12-3-5-15-6-4-12/h7-9,12,15H,3-6H2,1-2H3. The van der Waals surface area contributed by atoms with Gasteiger partial charge in [0, 0.05) is 5.56 Å². The lowest BCUT2D eigenvalue weighted by Crippen LogP contribution is -2.27. The van der Waals surface area contributed by atoms with Crippen molar-refractivity contribution in [1.29, 1.82) is 0 Å². The minimum Gasteiger partial charge on any atom is -0.317 e. The quantitative estimate of drug-likeness (QED) is 0.771. The smallest absolute Gasteiger partial charge is 0.150 e. The van der Waals surface area contributed by atoms with Crippen LogP contribution in [0.1, 0.15) is 45.8 Å². The molecule has 2 heteroatoms. The van der Waals surface area contributed by atoms with Crippen molar-refractivity contribution < 1.29 is 4.79 Å². The second kappa shape index (κ2) is 4.79. The lowest BCUT2D eigenvalue weighted by molar-refractivity contribution is 0.112. The summed E-state index contributed by atoms with van der Waals surface area (Å²) in [5.41, 5.74) is 4.63. The van der Waals surface area contributed by atoms with E-state index in [0.29, 0.717) is 5.92 Å². The van der Waals surface area contributed by atoms with E-state index in [1.807, 2.05) is 6.07 Å². The molecule has 1 aliphatic heterocycles. The molecule has 1 aromatic rings. The van der Waals surface area contributed by atoms with Crippen molar-refractivity contribution in [3.8, 4) is 0 Å². The molecule has 0 bridgehead atoms. The topological polar surface area (TPSA) is 29.1 Å². The number of nitrogens with one attached hydrogen (secondary N) is 1. The number of aryl methyl sites for hydroxylation is 2. The van der Waals surface area contributed by atoms with Crippen LogP contribution in [0.2, 0.25) is 0 Å². The molecule has 0 saturated carbocycles. The number of rotatable bonds is 2. The number of aldehydes is 1. The molecule has 1 aromatic carbocycles. The van der Waals surface area contributed by atoms with Gasteiger partial charge in [-0.25, -0.2) is 0 Å². The largest absolute Gasteiger partial charge is 0.317 e. The predicted octanol–water partition coefficient (Wildman–Crippen LogP) is 2.58. The zero-order valence-corrected chi connectivity index (χ0v) is 10.0. The second-order valence-corrected chi connectivity index (χ2v) is 4.71. The maximum absolute atomic E-state index is 11.1. The molecule has 0 radical (unpaired) electrons. The molecule has 0 spiro atoms. The van der Waals surface area contributed by atoms with Crippen LogP contribution in [0.25, 0.3) is 0 Å². The van der Waals surface area contributed by atoms with Crippen molar-refractivity contribution in [2.75, 3.05) is 13.1 Å². The Morgan fingerprint density at radius 2 is 1.81 bits per heavy atom. The van der Waals surface area contributed by atoms with Gasteiger partial charge in [0.05, 0.1) is 0 Å². The van der Waals surface area contributed by atoms with Gasteiger partial charge in [0.25, 0.3) is 0 Å². The predicted molar refractivity (Wildman–Crippen MR) is 66.1 cm³/mol. The normalized spacial score (nSPS) is 17.4. The summed E-state index contributed by atoms with van der Waals surface area (Å²) in [4.78, 5) is 11.1. The molecule has 86 valence electrons. The first-order chi connectivity index (χ1) is 7.72. The van der Waals surface area contributed by atoms with Crippen LogP contribution in [0.5, 0.6) is 0 Å². The van der Waals surface area contributed by atoms with Crippen molar-refractivity contribution >= 4 is 6.29 Å². The molecule has 0 aliphatic carbocycles. The molecule has 1 aliphatic rings. The van der Waals surface area contributed by atoms with Gasteiger partial charge in [-0.1, -0.05) is 6.07 Å². The van der Waals surface area contributed by atoms with E-state index in [0.717, 1.165) is 37.8 Å². The molecule has 0 amide bonds. The average Bonchev–Trinajstić information content (AvgIpc) is 2.33. The highest BCUT2D eigenvalue weighted by molar-refractivity contribution is 5.78. The first-order valence-corrected chi connectivity index (χ1v) is 5.99. The Morgan fingerprint density at radius 1 is 1.19 bits per heavy atom. The Balaban J connectivity index is 2.37. The zero-order valence-electron chi connectivity index (χ0n) is 10.0. The minimum absolute atomic E-state index is 0.556. The van der Waals surface area contributed by atoms with Crippen LogP contribution in [0, 0.1) is 13.8 Å². The number of benzene rings is 1. The van der Waals surface area contributed by atoms with Crippen LogP contribution in [-0.2, 0) is 0 Å². The van der Waals surface area contributed by atoms with Crippen molar-refractivity contribution in [2.24, 2.45) is 0 Å². The lowest BCUT2D eigenvalue weighted by atomic mass is 9.85. The Kier molecular flexibility index (Phi) is 3.39. The van der Waals surface area contributed by atoms with Crippen LogP contribution in [0.4, 0.5) is 0 Å². The molecule has 1 heterocycles. The number of piperidine rings is 1. The molecule has 2 nitrogen and oxygen atoms in total. The monoisotopic (exact) mass is 217 g/mol. The molecule has 0 aromatic heterocycles. The van der Waals surface area contributed by atoms with Crippen LogP contribution in [0.3, 0.4) is 0 Å². The molecule has 0 atom stereocenters. The lowest BCUT2D eigenvalue weighted by Gasteiger charge is -2.24. The molecule has 1 fully saturated rings. The number of carbonyl (C=O) groups is 1. The first kappa shape index (κ1) is 11.3. The van der Waals surface area contributed by atoms with E-state index in [-0.39, 0.29) is 0 Å². The summed E-state index contributed by atoms with van der Waals surface area (Å²) in [6.45, 7) is 6.31. The fourth-order valence-corrected chi connectivity index (χ4v) is 2.45. The molecule has 2 rings (SSSR count). The Morgan fingerprint density at radius 3 is 2.44 bits per heavy atom. The second-order valence-electron chi connectivity index (χ2n) is 4.71. The van der Waals surface area contributed by atoms with Crippen LogP contribution in [0.15, 0.2) is 12.1 Å². The number of carbonyl (C=O) groups excluding carboxylic acids is 1. The van der Waals surface area contributed by atoms with E-state index in [9.17, 15) is 4.79 Å². The molecular weight excluding hydrogens is 198 g/mol. The molecule has 1 saturated heterocycles. The van der Waals surface area contributed by atoms with Gasteiger partial charge in [-0.15, -0.1) is 0 Å². The summed E-state index contributed by atoms with van der Waals surface area (Å²) in [7, 11) is 0. The van der Waals surface area contributed by atoms with Crippen LogP contribution < -0.4 is 5.32 Å². The molecule has 0 unspecified atom stereocenters. The van der Waals surface area contributed by atoms with Gasteiger partial charge in [0.15, 0.2) is 0 Å². The van der Waals surface area contributed by atoms with Gasteiger partial charge in [0.2, 0.25) is 0 Å². The van der Waals surface area contributed by atoms with E-state index in [1.54, 1.807) is 0 Å². The van der Waals surface area contributed by atoms with E-state index in [4.69, 9.17) is 0 Å². The van der Waals surface area contributed by atoms with Gasteiger partial charge >= 0.3 is 0 Å². The maximum Gasteiger partial charge on any atom is 0.150 e. The Bertz CT molecular complexity index is 392. The summed E-state index contributed by atoms with van der Waals surface area (Å²) in [6.07, 6.45) is 3.29. The van der Waals surface area contributed by atoms with Gasteiger partial charge in [-0.3, -0.25) is 4.79 Å².